The average Bonchev–Trinajstić information content (AvgIpc) is 3.32. The van der Waals surface area contributed by atoms with Crippen molar-refractivity contribution < 1.29 is 26.8 Å². The topological polar surface area (TPSA) is 85.8 Å². The van der Waals surface area contributed by atoms with Crippen LogP contribution in [0, 0.1) is 5.82 Å². The van der Waals surface area contributed by atoms with Gasteiger partial charge in [0.25, 0.3) is 5.91 Å². The van der Waals surface area contributed by atoms with E-state index in [9.17, 15) is 22.4 Å². The molecule has 4 aromatic rings. The number of hydrogen-bond donors (Lipinski definition) is 1. The van der Waals surface area contributed by atoms with Gasteiger partial charge in [0, 0.05) is 11.6 Å². The van der Waals surface area contributed by atoms with Crippen LogP contribution >= 0.6 is 0 Å². The summed E-state index contributed by atoms with van der Waals surface area (Å²) in [6.45, 7) is 3.80. The van der Waals surface area contributed by atoms with Crippen molar-refractivity contribution in [2.45, 2.75) is 25.9 Å². The Morgan fingerprint density at radius 1 is 1.13 bits per heavy atom. The maximum Gasteiger partial charge on any atom is 0.435 e. The van der Waals surface area contributed by atoms with Crippen LogP contribution in [0.4, 0.5) is 23.2 Å². The number of nitrogens with one attached hydrogen (secondary N) is 1. The first kappa shape index (κ1) is 20.5. The molecule has 31 heavy (non-hydrogen) atoms. The summed E-state index contributed by atoms with van der Waals surface area (Å²) >= 11 is 0. The van der Waals surface area contributed by atoms with Crippen molar-refractivity contribution in [1.29, 1.82) is 0 Å². The Hall–Kier alpha value is -3.76. The molecule has 2 aromatic heterocycles. The maximum atomic E-state index is 13.7. The fourth-order valence-corrected chi connectivity index (χ4v) is 2.91. The number of oxazole rings is 1. The number of fused-ring (bicyclic) bond motifs is 1. The number of halogens is 4. The first-order chi connectivity index (χ1) is 14.6. The van der Waals surface area contributed by atoms with E-state index in [0.29, 0.717) is 21.7 Å². The zero-order chi connectivity index (χ0) is 22.3. The molecule has 2 aromatic carbocycles. The van der Waals surface area contributed by atoms with Crippen LogP contribution in [0.2, 0.25) is 0 Å². The van der Waals surface area contributed by atoms with Crippen molar-refractivity contribution in [3.63, 3.8) is 0 Å². The van der Waals surface area contributed by atoms with Crippen LogP contribution in [0.3, 0.4) is 0 Å². The molecule has 0 fully saturated rings. The zero-order valence-electron chi connectivity index (χ0n) is 16.2. The van der Waals surface area contributed by atoms with E-state index in [1.807, 2.05) is 13.8 Å². The highest BCUT2D eigenvalue weighted by molar-refractivity contribution is 6.04. The Labute approximate surface area is 172 Å². The maximum absolute atomic E-state index is 13.7. The van der Waals surface area contributed by atoms with E-state index in [1.54, 1.807) is 6.07 Å². The minimum absolute atomic E-state index is 0.0429. The summed E-state index contributed by atoms with van der Waals surface area (Å²) in [5, 5.41) is 9.25. The molecule has 0 atom stereocenters. The first-order valence-electron chi connectivity index (χ1n) is 9.14. The third-order valence-corrected chi connectivity index (χ3v) is 4.38. The van der Waals surface area contributed by atoms with Crippen LogP contribution in [0.15, 0.2) is 46.9 Å². The Morgan fingerprint density at radius 2 is 1.84 bits per heavy atom. The highest BCUT2D eigenvalue weighted by Crippen LogP contribution is 2.33. The monoisotopic (exact) mass is 433 g/mol. The lowest BCUT2D eigenvalue weighted by Crippen LogP contribution is -2.21. The predicted octanol–water partition coefficient (Wildman–Crippen LogP) is 4.94. The molecule has 1 amide bonds. The van der Waals surface area contributed by atoms with Gasteiger partial charge < -0.3 is 9.73 Å². The largest absolute Gasteiger partial charge is 0.440 e. The van der Waals surface area contributed by atoms with Crippen LogP contribution < -0.4 is 5.32 Å². The number of benzene rings is 2. The summed E-state index contributed by atoms with van der Waals surface area (Å²) in [5.41, 5.74) is -1.23. The Morgan fingerprint density at radius 3 is 2.48 bits per heavy atom. The zero-order valence-corrected chi connectivity index (χ0v) is 16.2. The van der Waals surface area contributed by atoms with Crippen LogP contribution in [0.25, 0.3) is 16.8 Å². The molecular formula is C20H15F4N5O2. The second-order valence-corrected chi connectivity index (χ2v) is 7.02. The lowest BCUT2D eigenvalue weighted by atomic mass is 10.2. The van der Waals surface area contributed by atoms with Crippen LogP contribution in [0.1, 0.15) is 41.8 Å². The molecule has 0 spiro atoms. The summed E-state index contributed by atoms with van der Waals surface area (Å²) in [4.78, 5) is 16.9. The van der Waals surface area contributed by atoms with E-state index in [-0.39, 0.29) is 17.3 Å². The summed E-state index contributed by atoms with van der Waals surface area (Å²) in [5.74, 6) is -1.19. The summed E-state index contributed by atoms with van der Waals surface area (Å²) in [7, 11) is 0. The number of alkyl halides is 3. The van der Waals surface area contributed by atoms with Crippen molar-refractivity contribution in [3.8, 4) is 5.69 Å². The van der Waals surface area contributed by atoms with Gasteiger partial charge in [0.15, 0.2) is 22.9 Å². The number of carbonyl (C=O) groups excluding carboxylic acids is 1. The van der Waals surface area contributed by atoms with Gasteiger partial charge in [-0.2, -0.15) is 13.2 Å². The number of amides is 1. The summed E-state index contributed by atoms with van der Waals surface area (Å²) in [6, 6.07) is 8.69. The SMILES string of the molecule is CC(C)c1nc2cc(NC(=O)c3nnn(-c4ccc(F)cc4)c3C(F)(F)F)ccc2o1. The molecular weight excluding hydrogens is 418 g/mol. The summed E-state index contributed by atoms with van der Waals surface area (Å²) in [6.07, 6.45) is -4.94. The number of aromatic nitrogens is 4. The van der Waals surface area contributed by atoms with Crippen molar-refractivity contribution in [2.75, 3.05) is 5.32 Å². The van der Waals surface area contributed by atoms with E-state index in [0.717, 1.165) is 24.3 Å². The molecule has 0 aliphatic heterocycles. The molecule has 7 nitrogen and oxygen atoms in total. The fraction of sp³-hybridized carbons (Fsp3) is 0.200. The van der Waals surface area contributed by atoms with Gasteiger partial charge in [-0.1, -0.05) is 19.1 Å². The highest BCUT2D eigenvalue weighted by Gasteiger charge is 2.42. The number of anilines is 1. The van der Waals surface area contributed by atoms with Crippen LogP contribution in [-0.4, -0.2) is 25.9 Å². The van der Waals surface area contributed by atoms with E-state index in [4.69, 9.17) is 4.42 Å². The molecule has 11 heteroatoms. The van der Waals surface area contributed by atoms with E-state index in [1.165, 1.54) is 12.1 Å². The lowest BCUT2D eigenvalue weighted by molar-refractivity contribution is -0.143. The molecule has 160 valence electrons. The molecule has 0 saturated heterocycles. The molecule has 0 radical (unpaired) electrons. The van der Waals surface area contributed by atoms with Gasteiger partial charge >= 0.3 is 6.18 Å². The quantitative estimate of drug-likeness (QED) is 0.461. The van der Waals surface area contributed by atoms with Gasteiger partial charge in [-0.15, -0.1) is 5.10 Å². The smallest absolute Gasteiger partial charge is 0.435 e. The molecule has 0 bridgehead atoms. The molecule has 1 N–H and O–H groups in total. The molecule has 2 heterocycles. The number of rotatable bonds is 4. The van der Waals surface area contributed by atoms with Crippen LogP contribution in [-0.2, 0) is 6.18 Å². The molecule has 0 aliphatic rings. The minimum Gasteiger partial charge on any atom is -0.440 e. The van der Waals surface area contributed by atoms with E-state index < -0.39 is 29.3 Å². The third kappa shape index (κ3) is 3.98. The standard InChI is InChI=1S/C20H15F4N5O2/c1-10(2)19-26-14-9-12(5-8-15(14)31-19)25-18(30)16-17(20(22,23)24)29(28-27-16)13-6-3-11(21)4-7-13/h3-10H,1-2H3,(H,25,30). The average molecular weight is 433 g/mol. The van der Waals surface area contributed by atoms with Crippen LogP contribution in [0.5, 0.6) is 0 Å². The van der Waals surface area contributed by atoms with E-state index in [2.05, 4.69) is 20.6 Å². The van der Waals surface area contributed by atoms with Crippen molar-refractivity contribution in [2.24, 2.45) is 0 Å². The number of nitrogens with zero attached hydrogens (tertiary/aromatic N) is 4. The normalized spacial score (nSPS) is 12.0. The summed E-state index contributed by atoms with van der Waals surface area (Å²) < 4.78 is 60.3. The Kier molecular flexibility index (Phi) is 4.96. The van der Waals surface area contributed by atoms with Crippen molar-refractivity contribution >= 4 is 22.7 Å². The molecule has 0 saturated carbocycles. The van der Waals surface area contributed by atoms with E-state index >= 15 is 0 Å². The van der Waals surface area contributed by atoms with Gasteiger partial charge in [-0.25, -0.2) is 14.1 Å². The minimum atomic E-state index is -4.94. The Balaban J connectivity index is 1.68. The first-order valence-corrected chi connectivity index (χ1v) is 9.14. The second-order valence-electron chi connectivity index (χ2n) is 7.02. The highest BCUT2D eigenvalue weighted by atomic mass is 19.4. The van der Waals surface area contributed by atoms with Crippen molar-refractivity contribution in [1.82, 2.24) is 20.0 Å². The number of hydrogen-bond acceptors (Lipinski definition) is 5. The number of carbonyl (C=O) groups is 1. The predicted molar refractivity (Wildman–Crippen MR) is 102 cm³/mol. The lowest BCUT2D eigenvalue weighted by Gasteiger charge is -2.11. The fourth-order valence-electron chi connectivity index (χ4n) is 2.91. The van der Waals surface area contributed by atoms with Gasteiger partial charge in [0.05, 0.1) is 5.69 Å². The Bertz CT molecular complexity index is 1260. The molecule has 4 rings (SSSR count). The second kappa shape index (κ2) is 7.49. The van der Waals surface area contributed by atoms with Gasteiger partial charge in [-0.3, -0.25) is 4.79 Å². The van der Waals surface area contributed by atoms with Crippen molar-refractivity contribution in [3.05, 3.63) is 65.6 Å². The molecule has 0 unspecified atom stereocenters. The van der Waals surface area contributed by atoms with Gasteiger partial charge in [0.1, 0.15) is 11.3 Å². The van der Waals surface area contributed by atoms with Gasteiger partial charge in [-0.05, 0) is 42.5 Å². The molecule has 0 aliphatic carbocycles. The third-order valence-electron chi connectivity index (χ3n) is 4.38. The van der Waals surface area contributed by atoms with Gasteiger partial charge in [0.2, 0.25) is 0 Å².